The highest BCUT2D eigenvalue weighted by Gasteiger charge is 2.22. The van der Waals surface area contributed by atoms with E-state index in [1.807, 2.05) is 27.7 Å². The van der Waals surface area contributed by atoms with Gasteiger partial charge in [0.25, 0.3) is 0 Å². The van der Waals surface area contributed by atoms with E-state index in [9.17, 15) is 9.90 Å². The summed E-state index contributed by atoms with van der Waals surface area (Å²) in [4.78, 5) is 11.8. The highest BCUT2D eigenvalue weighted by Crippen LogP contribution is 2.37. The Labute approximate surface area is 134 Å². The Morgan fingerprint density at radius 3 is 2.38 bits per heavy atom. The maximum Gasteiger partial charge on any atom is 0.342 e. The molecule has 1 N–H and O–H groups in total. The van der Waals surface area contributed by atoms with Crippen LogP contribution >= 0.6 is 15.9 Å². The van der Waals surface area contributed by atoms with Crippen LogP contribution in [0.4, 0.5) is 0 Å². The van der Waals surface area contributed by atoms with Gasteiger partial charge < -0.3 is 14.3 Å². The summed E-state index contributed by atoms with van der Waals surface area (Å²) >= 11 is 3.25. The lowest BCUT2D eigenvalue weighted by Gasteiger charge is -2.02. The van der Waals surface area contributed by atoms with Gasteiger partial charge in [0.15, 0.2) is 0 Å². The maximum atomic E-state index is 11.8. The summed E-state index contributed by atoms with van der Waals surface area (Å²) in [6, 6.07) is 3.12. The van der Waals surface area contributed by atoms with Crippen LogP contribution in [-0.4, -0.2) is 17.7 Å². The number of ether oxygens (including phenoxy) is 1. The van der Waals surface area contributed by atoms with Crippen LogP contribution in [0.5, 0.6) is 5.75 Å². The van der Waals surface area contributed by atoms with Crippen LogP contribution in [0.25, 0.3) is 11.0 Å². The van der Waals surface area contributed by atoms with Gasteiger partial charge in [0.05, 0.1) is 16.5 Å². The first kappa shape index (κ1) is 19.5. The first-order valence-corrected chi connectivity index (χ1v) is 7.93. The number of rotatable bonds is 2. The van der Waals surface area contributed by atoms with E-state index < -0.39 is 5.97 Å². The van der Waals surface area contributed by atoms with Gasteiger partial charge in [-0.15, -0.1) is 0 Å². The van der Waals surface area contributed by atoms with E-state index in [1.165, 1.54) is 6.07 Å². The molecule has 1 aromatic heterocycles. The summed E-state index contributed by atoms with van der Waals surface area (Å²) < 4.78 is 10.9. The molecular formula is C16H23BrO4. The number of fused-ring (bicyclic) bond motifs is 1. The van der Waals surface area contributed by atoms with Crippen molar-refractivity contribution in [3.63, 3.8) is 0 Å². The number of hydrogen-bond donors (Lipinski definition) is 1. The van der Waals surface area contributed by atoms with Crippen molar-refractivity contribution in [1.29, 1.82) is 0 Å². The topological polar surface area (TPSA) is 59.7 Å². The highest BCUT2D eigenvalue weighted by molar-refractivity contribution is 9.10. The van der Waals surface area contributed by atoms with Crippen molar-refractivity contribution in [2.45, 2.75) is 41.5 Å². The van der Waals surface area contributed by atoms with Gasteiger partial charge in [-0.2, -0.15) is 0 Å². The molecule has 0 atom stereocenters. The van der Waals surface area contributed by atoms with Gasteiger partial charge in [0.1, 0.15) is 22.7 Å². The van der Waals surface area contributed by atoms with Gasteiger partial charge in [-0.25, -0.2) is 4.79 Å². The van der Waals surface area contributed by atoms with E-state index in [4.69, 9.17) is 9.15 Å². The third-order valence-electron chi connectivity index (χ3n) is 2.43. The van der Waals surface area contributed by atoms with Crippen molar-refractivity contribution in [2.75, 3.05) is 6.61 Å². The van der Waals surface area contributed by atoms with E-state index in [1.54, 1.807) is 19.9 Å². The summed E-state index contributed by atoms with van der Waals surface area (Å²) in [6.07, 6.45) is 0. The number of phenolic OH excluding ortho intramolecular Hbond substituents is 1. The van der Waals surface area contributed by atoms with Gasteiger partial charge in [-0.1, -0.05) is 27.7 Å². The molecule has 0 amide bonds. The van der Waals surface area contributed by atoms with Gasteiger partial charge >= 0.3 is 5.97 Å². The molecule has 0 spiro atoms. The van der Waals surface area contributed by atoms with Crippen LogP contribution in [0, 0.1) is 6.92 Å². The van der Waals surface area contributed by atoms with Gasteiger partial charge in [-0.05, 0) is 41.9 Å². The van der Waals surface area contributed by atoms with Gasteiger partial charge in [0, 0.05) is 0 Å². The van der Waals surface area contributed by atoms with Crippen LogP contribution in [0.15, 0.2) is 21.0 Å². The predicted octanol–water partition coefficient (Wildman–Crippen LogP) is 5.44. The fourth-order valence-electron chi connectivity index (χ4n) is 1.71. The van der Waals surface area contributed by atoms with Crippen molar-refractivity contribution in [3.8, 4) is 5.75 Å². The zero-order chi connectivity index (χ0) is 16.6. The Kier molecular flexibility index (Phi) is 8.78. The molecule has 0 saturated heterocycles. The smallest absolute Gasteiger partial charge is 0.342 e. The highest BCUT2D eigenvalue weighted by atomic mass is 79.9. The van der Waals surface area contributed by atoms with Crippen LogP contribution < -0.4 is 0 Å². The van der Waals surface area contributed by atoms with E-state index in [2.05, 4.69) is 15.9 Å². The number of carbonyl (C=O) groups excluding carboxylic acids is 1. The zero-order valence-corrected chi connectivity index (χ0v) is 15.0. The normalized spacial score (nSPS) is 9.29. The number of esters is 1. The second-order valence-corrected chi connectivity index (χ2v) is 4.32. The molecule has 1 heterocycles. The van der Waals surface area contributed by atoms with Crippen molar-refractivity contribution in [1.82, 2.24) is 0 Å². The number of aryl methyl sites for hydroxylation is 1. The summed E-state index contributed by atoms with van der Waals surface area (Å²) in [5.74, 6) is 0.0867. The molecule has 0 aliphatic heterocycles. The third-order valence-corrected chi connectivity index (χ3v) is 3.23. The lowest BCUT2D eigenvalue weighted by molar-refractivity contribution is 0.0526. The Morgan fingerprint density at radius 1 is 1.29 bits per heavy atom. The van der Waals surface area contributed by atoms with Crippen molar-refractivity contribution >= 4 is 32.9 Å². The standard InChI is InChI=1S/C12H11BrO4.2C2H6/c1-3-16-12(15)9-6(2)17-8-5-4-7(14)11(13)10(8)9;2*1-2/h4-5,14H,3H2,1-2H3;2*1-2H3. The molecule has 0 saturated carbocycles. The monoisotopic (exact) mass is 358 g/mol. The van der Waals surface area contributed by atoms with Crippen LogP contribution in [0.2, 0.25) is 0 Å². The second-order valence-electron chi connectivity index (χ2n) is 3.53. The van der Waals surface area contributed by atoms with E-state index >= 15 is 0 Å². The number of halogens is 1. The molecule has 0 bridgehead atoms. The molecular weight excluding hydrogens is 336 g/mol. The SMILES string of the molecule is CC.CC.CCOC(=O)c1c(C)oc2ccc(O)c(Br)c12. The molecule has 0 fully saturated rings. The number of aromatic hydroxyl groups is 1. The minimum Gasteiger partial charge on any atom is -0.507 e. The largest absolute Gasteiger partial charge is 0.507 e. The second kappa shape index (κ2) is 9.45. The molecule has 1 aromatic carbocycles. The Bertz CT molecular complexity index is 587. The number of benzene rings is 1. The Hall–Kier alpha value is -1.49. The summed E-state index contributed by atoms with van der Waals surface area (Å²) in [7, 11) is 0. The van der Waals surface area contributed by atoms with E-state index in [-0.39, 0.29) is 5.75 Å². The van der Waals surface area contributed by atoms with Crippen molar-refractivity contribution in [3.05, 3.63) is 27.9 Å². The average Bonchev–Trinajstić information content (AvgIpc) is 2.84. The van der Waals surface area contributed by atoms with Crippen LogP contribution in [-0.2, 0) is 4.74 Å². The molecule has 21 heavy (non-hydrogen) atoms. The lowest BCUT2D eigenvalue weighted by atomic mass is 10.1. The minimum atomic E-state index is -0.449. The molecule has 0 radical (unpaired) electrons. The molecule has 4 nitrogen and oxygen atoms in total. The van der Waals surface area contributed by atoms with E-state index in [0.717, 1.165) is 0 Å². The zero-order valence-electron chi connectivity index (χ0n) is 13.4. The molecule has 0 aliphatic rings. The fraction of sp³-hybridized carbons (Fsp3) is 0.438. The maximum absolute atomic E-state index is 11.8. The number of carbonyl (C=O) groups is 1. The average molecular weight is 359 g/mol. The predicted molar refractivity (Wildman–Crippen MR) is 89.0 cm³/mol. The molecule has 5 heteroatoms. The summed E-state index contributed by atoms with van der Waals surface area (Å²) in [5.41, 5.74) is 0.889. The van der Waals surface area contributed by atoms with Gasteiger partial charge in [-0.3, -0.25) is 0 Å². The molecule has 2 rings (SSSR count). The quantitative estimate of drug-likeness (QED) is 0.726. The molecule has 0 unspecified atom stereocenters. The van der Waals surface area contributed by atoms with Gasteiger partial charge in [0.2, 0.25) is 0 Å². The van der Waals surface area contributed by atoms with Crippen LogP contribution in [0.1, 0.15) is 50.7 Å². The first-order valence-electron chi connectivity index (χ1n) is 7.14. The lowest BCUT2D eigenvalue weighted by Crippen LogP contribution is -2.05. The van der Waals surface area contributed by atoms with E-state index in [0.29, 0.717) is 33.4 Å². The first-order chi connectivity index (χ1) is 10.1. The summed E-state index contributed by atoms with van der Waals surface area (Å²) in [6.45, 7) is 11.7. The number of hydrogen-bond acceptors (Lipinski definition) is 4. The minimum absolute atomic E-state index is 0.0591. The van der Waals surface area contributed by atoms with Crippen LogP contribution in [0.3, 0.4) is 0 Å². The Balaban J connectivity index is 0.000000921. The fourth-order valence-corrected chi connectivity index (χ4v) is 2.23. The molecule has 0 aliphatic carbocycles. The third kappa shape index (κ3) is 4.24. The summed E-state index contributed by atoms with van der Waals surface area (Å²) in [5, 5.41) is 10.2. The Morgan fingerprint density at radius 2 is 1.86 bits per heavy atom. The number of furan rings is 1. The molecule has 2 aromatic rings. The number of phenols is 1. The van der Waals surface area contributed by atoms with Crippen molar-refractivity contribution < 1.29 is 19.1 Å². The molecule has 118 valence electrons. The van der Waals surface area contributed by atoms with Crippen molar-refractivity contribution in [2.24, 2.45) is 0 Å².